The summed E-state index contributed by atoms with van der Waals surface area (Å²) < 4.78 is 5.42. The highest BCUT2D eigenvalue weighted by Gasteiger charge is 2.22. The Labute approximate surface area is 80.4 Å². The largest absolute Gasteiger partial charge is 0.448 e. The van der Waals surface area contributed by atoms with Crippen molar-refractivity contribution in [2.45, 2.75) is 46.5 Å². The summed E-state index contributed by atoms with van der Waals surface area (Å²) in [5.74, 6) is 1.66. The van der Waals surface area contributed by atoms with Gasteiger partial charge in [0.15, 0.2) is 6.39 Å². The molecular formula is C11H19NO. The standard InChI is InChI=1S/C11H19NO/c1-8(2)6-9-10(11(3,4)5)13-7-12-9/h7-8H,6H2,1-5H3. The molecule has 2 nitrogen and oxygen atoms in total. The molecule has 0 aromatic carbocycles. The molecule has 0 amide bonds. The lowest BCUT2D eigenvalue weighted by Crippen LogP contribution is -2.13. The van der Waals surface area contributed by atoms with Gasteiger partial charge in [-0.05, 0) is 12.3 Å². The van der Waals surface area contributed by atoms with Crippen molar-refractivity contribution >= 4 is 0 Å². The van der Waals surface area contributed by atoms with E-state index < -0.39 is 0 Å². The Morgan fingerprint density at radius 2 is 2.00 bits per heavy atom. The summed E-state index contributed by atoms with van der Waals surface area (Å²) in [6, 6.07) is 0. The fourth-order valence-electron chi connectivity index (χ4n) is 1.41. The van der Waals surface area contributed by atoms with Gasteiger partial charge in [-0.2, -0.15) is 0 Å². The molecule has 1 heterocycles. The molecule has 0 unspecified atom stereocenters. The molecule has 0 saturated heterocycles. The van der Waals surface area contributed by atoms with E-state index in [0.717, 1.165) is 17.9 Å². The molecule has 0 aliphatic carbocycles. The Hall–Kier alpha value is -0.790. The molecule has 13 heavy (non-hydrogen) atoms. The van der Waals surface area contributed by atoms with Crippen LogP contribution in [0.1, 0.15) is 46.1 Å². The lowest BCUT2D eigenvalue weighted by atomic mass is 9.90. The first kappa shape index (κ1) is 10.3. The van der Waals surface area contributed by atoms with E-state index in [1.807, 2.05) is 0 Å². The number of aromatic nitrogens is 1. The van der Waals surface area contributed by atoms with Crippen molar-refractivity contribution in [3.63, 3.8) is 0 Å². The van der Waals surface area contributed by atoms with E-state index in [1.54, 1.807) is 6.39 Å². The summed E-state index contributed by atoms with van der Waals surface area (Å²) in [6.45, 7) is 10.8. The second-order valence-corrected chi connectivity index (χ2v) is 4.98. The quantitative estimate of drug-likeness (QED) is 0.700. The lowest BCUT2D eigenvalue weighted by molar-refractivity contribution is 0.401. The summed E-state index contributed by atoms with van der Waals surface area (Å²) in [5, 5.41) is 0. The van der Waals surface area contributed by atoms with Crippen molar-refractivity contribution in [3.05, 3.63) is 17.8 Å². The van der Waals surface area contributed by atoms with Gasteiger partial charge in [-0.15, -0.1) is 0 Å². The molecule has 1 rings (SSSR count). The maximum Gasteiger partial charge on any atom is 0.181 e. The Morgan fingerprint density at radius 1 is 1.38 bits per heavy atom. The average molecular weight is 181 g/mol. The first-order valence-corrected chi connectivity index (χ1v) is 4.84. The normalized spacial score (nSPS) is 12.5. The minimum absolute atomic E-state index is 0.0702. The molecule has 0 radical (unpaired) electrons. The van der Waals surface area contributed by atoms with Crippen molar-refractivity contribution < 1.29 is 4.42 Å². The molecule has 0 fully saturated rings. The second kappa shape index (κ2) is 3.52. The van der Waals surface area contributed by atoms with E-state index in [0.29, 0.717) is 5.92 Å². The van der Waals surface area contributed by atoms with Crippen LogP contribution in [0.3, 0.4) is 0 Å². The van der Waals surface area contributed by atoms with Crippen LogP contribution >= 0.6 is 0 Å². The molecule has 0 atom stereocenters. The van der Waals surface area contributed by atoms with Gasteiger partial charge in [0.05, 0.1) is 5.69 Å². The fourth-order valence-corrected chi connectivity index (χ4v) is 1.41. The van der Waals surface area contributed by atoms with E-state index in [2.05, 4.69) is 39.6 Å². The number of rotatable bonds is 2. The van der Waals surface area contributed by atoms with E-state index in [-0.39, 0.29) is 5.41 Å². The van der Waals surface area contributed by atoms with Gasteiger partial charge in [-0.3, -0.25) is 0 Å². The van der Waals surface area contributed by atoms with Crippen LogP contribution in [0.5, 0.6) is 0 Å². The van der Waals surface area contributed by atoms with Gasteiger partial charge in [-0.1, -0.05) is 34.6 Å². The van der Waals surface area contributed by atoms with Crippen LogP contribution in [0.25, 0.3) is 0 Å². The summed E-state index contributed by atoms with van der Waals surface area (Å²) in [5.41, 5.74) is 1.18. The highest BCUT2D eigenvalue weighted by atomic mass is 16.3. The predicted octanol–water partition coefficient (Wildman–Crippen LogP) is 3.17. The third kappa shape index (κ3) is 2.58. The van der Waals surface area contributed by atoms with Crippen molar-refractivity contribution in [1.29, 1.82) is 0 Å². The van der Waals surface area contributed by atoms with Crippen LogP contribution in [0.2, 0.25) is 0 Å². The maximum absolute atomic E-state index is 5.42. The number of hydrogen-bond acceptors (Lipinski definition) is 2. The Morgan fingerprint density at radius 3 is 2.46 bits per heavy atom. The number of nitrogens with zero attached hydrogens (tertiary/aromatic N) is 1. The average Bonchev–Trinajstić information content (AvgIpc) is 2.31. The summed E-state index contributed by atoms with van der Waals surface area (Å²) in [6.07, 6.45) is 2.56. The van der Waals surface area contributed by atoms with E-state index in [1.165, 1.54) is 0 Å². The Kier molecular flexibility index (Phi) is 2.79. The van der Waals surface area contributed by atoms with Gasteiger partial charge < -0.3 is 4.42 Å². The van der Waals surface area contributed by atoms with Gasteiger partial charge in [0.1, 0.15) is 5.76 Å². The van der Waals surface area contributed by atoms with Crippen LogP contribution < -0.4 is 0 Å². The maximum atomic E-state index is 5.42. The Balaban J connectivity index is 2.90. The zero-order valence-electron chi connectivity index (χ0n) is 9.22. The van der Waals surface area contributed by atoms with Crippen molar-refractivity contribution in [3.8, 4) is 0 Å². The molecule has 1 aromatic heterocycles. The molecule has 0 spiro atoms. The zero-order chi connectivity index (χ0) is 10.1. The highest BCUT2D eigenvalue weighted by molar-refractivity contribution is 5.16. The molecule has 0 N–H and O–H groups in total. The predicted molar refractivity (Wildman–Crippen MR) is 53.7 cm³/mol. The van der Waals surface area contributed by atoms with E-state index in [9.17, 15) is 0 Å². The molecular weight excluding hydrogens is 162 g/mol. The zero-order valence-corrected chi connectivity index (χ0v) is 9.22. The molecule has 0 aliphatic rings. The van der Waals surface area contributed by atoms with Crippen LogP contribution in [-0.2, 0) is 11.8 Å². The first-order chi connectivity index (χ1) is 5.91. The molecule has 2 heteroatoms. The summed E-state index contributed by atoms with van der Waals surface area (Å²) >= 11 is 0. The van der Waals surface area contributed by atoms with Gasteiger partial charge in [0, 0.05) is 5.41 Å². The van der Waals surface area contributed by atoms with Crippen LogP contribution in [0.4, 0.5) is 0 Å². The molecule has 74 valence electrons. The van der Waals surface area contributed by atoms with Crippen LogP contribution in [0, 0.1) is 5.92 Å². The van der Waals surface area contributed by atoms with E-state index >= 15 is 0 Å². The van der Waals surface area contributed by atoms with Gasteiger partial charge in [0.25, 0.3) is 0 Å². The van der Waals surface area contributed by atoms with Crippen LogP contribution in [-0.4, -0.2) is 4.98 Å². The van der Waals surface area contributed by atoms with Crippen molar-refractivity contribution in [2.75, 3.05) is 0 Å². The lowest BCUT2D eigenvalue weighted by Gasteiger charge is -2.16. The van der Waals surface area contributed by atoms with Crippen molar-refractivity contribution in [2.24, 2.45) is 5.92 Å². The highest BCUT2D eigenvalue weighted by Crippen LogP contribution is 2.26. The fraction of sp³-hybridized carbons (Fsp3) is 0.727. The SMILES string of the molecule is CC(C)Cc1ncoc1C(C)(C)C. The molecule has 0 bridgehead atoms. The monoisotopic (exact) mass is 181 g/mol. The summed E-state index contributed by atoms with van der Waals surface area (Å²) in [4.78, 5) is 4.26. The Bertz CT molecular complexity index is 268. The third-order valence-corrected chi connectivity index (χ3v) is 1.92. The minimum atomic E-state index is 0.0702. The van der Waals surface area contributed by atoms with Gasteiger partial charge in [0.2, 0.25) is 0 Å². The van der Waals surface area contributed by atoms with Crippen LogP contribution in [0.15, 0.2) is 10.8 Å². The molecule has 1 aromatic rings. The third-order valence-electron chi connectivity index (χ3n) is 1.92. The molecule has 0 aliphatic heterocycles. The first-order valence-electron chi connectivity index (χ1n) is 4.84. The second-order valence-electron chi connectivity index (χ2n) is 4.98. The van der Waals surface area contributed by atoms with Crippen molar-refractivity contribution in [1.82, 2.24) is 4.98 Å². The smallest absolute Gasteiger partial charge is 0.181 e. The topological polar surface area (TPSA) is 26.0 Å². The minimum Gasteiger partial charge on any atom is -0.448 e. The molecule has 0 saturated carbocycles. The number of hydrogen-bond donors (Lipinski definition) is 0. The van der Waals surface area contributed by atoms with Gasteiger partial charge >= 0.3 is 0 Å². The van der Waals surface area contributed by atoms with Gasteiger partial charge in [-0.25, -0.2) is 4.98 Å². The summed E-state index contributed by atoms with van der Waals surface area (Å²) in [7, 11) is 0. The number of oxazole rings is 1. The van der Waals surface area contributed by atoms with E-state index in [4.69, 9.17) is 4.42 Å².